The number of likely N-dealkylation sites (tertiary alicyclic amines) is 1. The van der Waals surface area contributed by atoms with Gasteiger partial charge in [-0.25, -0.2) is 9.50 Å². The number of rotatable bonds is 8. The molecular formula is C26H33N9O2S. The lowest BCUT2D eigenvalue weighted by atomic mass is 10.1. The van der Waals surface area contributed by atoms with Gasteiger partial charge in [0.2, 0.25) is 11.1 Å². The van der Waals surface area contributed by atoms with E-state index in [1.54, 1.807) is 4.52 Å². The average Bonchev–Trinajstić information content (AvgIpc) is 3.55. The van der Waals surface area contributed by atoms with Gasteiger partial charge >= 0.3 is 0 Å². The molecule has 0 unspecified atom stereocenters. The van der Waals surface area contributed by atoms with Crippen LogP contribution in [0.3, 0.4) is 0 Å². The Kier molecular flexibility index (Phi) is 7.39. The zero-order valence-electron chi connectivity index (χ0n) is 21.9. The van der Waals surface area contributed by atoms with E-state index in [1.165, 1.54) is 11.8 Å². The van der Waals surface area contributed by atoms with E-state index in [0.29, 0.717) is 35.6 Å². The summed E-state index contributed by atoms with van der Waals surface area (Å²) in [6.07, 6.45) is 1.38. The van der Waals surface area contributed by atoms with E-state index in [4.69, 9.17) is 4.98 Å². The fourth-order valence-electron chi connectivity index (χ4n) is 4.46. The molecule has 0 radical (unpaired) electrons. The van der Waals surface area contributed by atoms with E-state index in [9.17, 15) is 9.90 Å². The molecule has 4 aromatic rings. The number of carbonyl (C=O) groups is 1. The van der Waals surface area contributed by atoms with Crippen molar-refractivity contribution in [2.45, 2.75) is 55.4 Å². The Bertz CT molecular complexity index is 1410. The molecule has 0 aliphatic carbocycles. The van der Waals surface area contributed by atoms with Gasteiger partial charge in [-0.3, -0.25) is 14.8 Å². The number of benzene rings is 1. The minimum Gasteiger partial charge on any atom is -0.390 e. The fraction of sp³-hybridized carbons (Fsp3) is 0.385. The van der Waals surface area contributed by atoms with Gasteiger partial charge in [0.15, 0.2) is 11.6 Å². The minimum absolute atomic E-state index is 0.0498. The van der Waals surface area contributed by atoms with Crippen molar-refractivity contribution < 1.29 is 9.90 Å². The number of hydrogen-bond acceptors (Lipinski definition) is 9. The van der Waals surface area contributed by atoms with Gasteiger partial charge < -0.3 is 21.1 Å². The number of aromatic amines is 1. The van der Waals surface area contributed by atoms with Crippen molar-refractivity contribution in [2.75, 3.05) is 30.3 Å². The Balaban J connectivity index is 1.19. The van der Waals surface area contributed by atoms with Crippen LogP contribution in [0.5, 0.6) is 0 Å². The molecule has 5 N–H and O–H groups in total. The van der Waals surface area contributed by atoms with Crippen molar-refractivity contribution in [1.29, 1.82) is 0 Å². The van der Waals surface area contributed by atoms with Crippen molar-refractivity contribution in [3.05, 3.63) is 54.4 Å². The van der Waals surface area contributed by atoms with Gasteiger partial charge in [-0.1, -0.05) is 0 Å². The highest BCUT2D eigenvalue weighted by Gasteiger charge is 2.34. The molecule has 0 saturated carbocycles. The summed E-state index contributed by atoms with van der Waals surface area (Å²) in [4.78, 5) is 20.2. The molecule has 0 spiro atoms. The average molecular weight is 536 g/mol. The van der Waals surface area contributed by atoms with E-state index in [-0.39, 0.29) is 24.0 Å². The van der Waals surface area contributed by atoms with Crippen LogP contribution in [0.15, 0.2) is 58.7 Å². The predicted octanol–water partition coefficient (Wildman–Crippen LogP) is 3.03. The molecule has 1 aromatic carbocycles. The molecule has 1 aliphatic heterocycles. The fourth-order valence-corrected chi connectivity index (χ4v) is 5.21. The standard InChI is InChI=1S/C26H33N9O2S/c1-16-12-22(32-31-16)28-24-20-6-5-11-35(20)33-25(29-24)38-18-9-7-17(8-10-18)27-23(37)15-34-13-19(21(36)14-34)30-26(2,3)4/h5-12,19,21,30,36H,13-15H2,1-4H3,(H,27,37)(H2,28,29,31,32,33)/t19-,21-/m0/s1. The van der Waals surface area contributed by atoms with Crippen LogP contribution in [0, 0.1) is 6.92 Å². The monoisotopic (exact) mass is 535 g/mol. The summed E-state index contributed by atoms with van der Waals surface area (Å²) in [5.41, 5.74) is 2.41. The highest BCUT2D eigenvalue weighted by molar-refractivity contribution is 7.99. The number of hydrogen-bond donors (Lipinski definition) is 5. The van der Waals surface area contributed by atoms with Crippen LogP contribution in [0.2, 0.25) is 0 Å². The molecule has 5 rings (SSSR count). The number of anilines is 3. The van der Waals surface area contributed by atoms with Gasteiger partial charge in [-0.15, -0.1) is 5.10 Å². The third-order valence-corrected chi connectivity index (χ3v) is 6.88. The summed E-state index contributed by atoms with van der Waals surface area (Å²) in [6.45, 7) is 9.48. The molecule has 3 aromatic heterocycles. The molecule has 1 amide bonds. The molecule has 4 heterocycles. The quantitative estimate of drug-likeness (QED) is 0.231. The normalized spacial score (nSPS) is 18.2. The number of aliphatic hydroxyl groups is 1. The molecule has 1 aliphatic rings. The van der Waals surface area contributed by atoms with Crippen LogP contribution in [0.4, 0.5) is 17.3 Å². The summed E-state index contributed by atoms with van der Waals surface area (Å²) in [6, 6.07) is 13.3. The van der Waals surface area contributed by atoms with Crippen molar-refractivity contribution in [2.24, 2.45) is 0 Å². The van der Waals surface area contributed by atoms with Crippen LogP contribution in [0.25, 0.3) is 5.52 Å². The largest absolute Gasteiger partial charge is 0.390 e. The first kappa shape index (κ1) is 26.2. The van der Waals surface area contributed by atoms with Crippen LogP contribution in [-0.4, -0.2) is 78.0 Å². The Morgan fingerprint density at radius 2 is 2.00 bits per heavy atom. The molecule has 11 nitrogen and oxygen atoms in total. The molecule has 12 heteroatoms. The molecular weight excluding hydrogens is 502 g/mol. The molecule has 38 heavy (non-hydrogen) atoms. The maximum Gasteiger partial charge on any atom is 0.238 e. The van der Waals surface area contributed by atoms with E-state index in [0.717, 1.165) is 16.1 Å². The first-order valence-corrected chi connectivity index (χ1v) is 13.3. The summed E-state index contributed by atoms with van der Waals surface area (Å²) in [5.74, 6) is 1.24. The second-order valence-corrected chi connectivity index (χ2v) is 11.6. The van der Waals surface area contributed by atoms with Crippen LogP contribution < -0.4 is 16.0 Å². The first-order chi connectivity index (χ1) is 18.1. The number of H-pyrrole nitrogens is 1. The van der Waals surface area contributed by atoms with Crippen LogP contribution in [-0.2, 0) is 4.79 Å². The van der Waals surface area contributed by atoms with Crippen LogP contribution >= 0.6 is 11.8 Å². The maximum atomic E-state index is 12.6. The minimum atomic E-state index is -0.495. The van der Waals surface area contributed by atoms with Gasteiger partial charge in [0.1, 0.15) is 5.52 Å². The third kappa shape index (κ3) is 6.51. The smallest absolute Gasteiger partial charge is 0.238 e. The van der Waals surface area contributed by atoms with Gasteiger partial charge in [0.25, 0.3) is 0 Å². The highest BCUT2D eigenvalue weighted by atomic mass is 32.2. The lowest BCUT2D eigenvalue weighted by molar-refractivity contribution is -0.117. The highest BCUT2D eigenvalue weighted by Crippen LogP contribution is 2.29. The number of nitrogens with zero attached hydrogens (tertiary/aromatic N) is 5. The van der Waals surface area contributed by atoms with Gasteiger partial charge in [-0.05, 0) is 75.9 Å². The summed E-state index contributed by atoms with van der Waals surface area (Å²) >= 11 is 1.43. The maximum absolute atomic E-state index is 12.6. The van der Waals surface area contributed by atoms with Crippen LogP contribution in [0.1, 0.15) is 26.5 Å². The number of β-amino-alcohol motifs (C(OH)–C–C–N with tert-alkyl or cyclic N) is 1. The lowest BCUT2D eigenvalue weighted by Gasteiger charge is -2.27. The molecule has 2 atom stereocenters. The summed E-state index contributed by atoms with van der Waals surface area (Å²) in [7, 11) is 0. The number of carbonyl (C=O) groups excluding carboxylic acids is 1. The third-order valence-electron chi connectivity index (χ3n) is 6.02. The number of fused-ring (bicyclic) bond motifs is 1. The number of nitrogens with one attached hydrogen (secondary N) is 4. The topological polar surface area (TPSA) is 136 Å². The number of aryl methyl sites for hydroxylation is 1. The van der Waals surface area contributed by atoms with E-state index in [2.05, 4.69) is 52.0 Å². The molecule has 1 saturated heterocycles. The van der Waals surface area contributed by atoms with Gasteiger partial charge in [0.05, 0.1) is 12.6 Å². The molecule has 1 fully saturated rings. The Hall–Kier alpha value is -3.45. The Morgan fingerprint density at radius 1 is 1.21 bits per heavy atom. The summed E-state index contributed by atoms with van der Waals surface area (Å²) in [5, 5.41) is 32.3. The zero-order chi connectivity index (χ0) is 26.9. The lowest BCUT2D eigenvalue weighted by Crippen LogP contribution is -2.49. The van der Waals surface area contributed by atoms with E-state index < -0.39 is 6.10 Å². The van der Waals surface area contributed by atoms with Crippen molar-refractivity contribution in [1.82, 2.24) is 35.0 Å². The summed E-state index contributed by atoms with van der Waals surface area (Å²) < 4.78 is 1.78. The number of amides is 1. The SMILES string of the molecule is Cc1cc(Nc2nc(Sc3ccc(NC(=O)CN4C[C@H](NC(C)(C)C)[C@@H](O)C4)cc3)nn3cccc23)n[nH]1. The Labute approximate surface area is 225 Å². The van der Waals surface area contributed by atoms with Crippen molar-refractivity contribution in [3.8, 4) is 0 Å². The van der Waals surface area contributed by atoms with Gasteiger partial charge in [0, 0.05) is 53.2 Å². The van der Waals surface area contributed by atoms with Crippen molar-refractivity contribution in [3.63, 3.8) is 0 Å². The predicted molar refractivity (Wildman–Crippen MR) is 148 cm³/mol. The number of aliphatic hydroxyl groups excluding tert-OH is 1. The Morgan fingerprint density at radius 3 is 2.71 bits per heavy atom. The molecule has 0 bridgehead atoms. The van der Waals surface area contributed by atoms with Gasteiger partial charge in [-0.2, -0.15) is 5.10 Å². The number of aromatic nitrogens is 5. The second kappa shape index (κ2) is 10.7. The van der Waals surface area contributed by atoms with E-state index >= 15 is 0 Å². The van der Waals surface area contributed by atoms with Crippen molar-refractivity contribution >= 4 is 40.5 Å². The second-order valence-electron chi connectivity index (χ2n) is 10.6. The first-order valence-electron chi connectivity index (χ1n) is 12.5. The molecule has 200 valence electrons. The van der Waals surface area contributed by atoms with E-state index in [1.807, 2.05) is 60.5 Å². The zero-order valence-corrected chi connectivity index (χ0v) is 22.7.